The lowest BCUT2D eigenvalue weighted by atomic mass is 9.98. The number of hydrogen-bond donors (Lipinski definition) is 1. The van der Waals surface area contributed by atoms with Crippen LogP contribution in [0.4, 0.5) is 0 Å². The molecule has 1 heterocycles. The molecule has 3 aromatic carbocycles. The molecule has 34 heavy (non-hydrogen) atoms. The Labute approximate surface area is 201 Å². The first kappa shape index (κ1) is 24.0. The fourth-order valence-corrected chi connectivity index (χ4v) is 5.75. The molecule has 1 fully saturated rings. The Bertz CT molecular complexity index is 1190. The van der Waals surface area contributed by atoms with E-state index >= 15 is 0 Å². The summed E-state index contributed by atoms with van der Waals surface area (Å²) in [6, 6.07) is 23.8. The molecular weight excluding hydrogens is 448 g/mol. The van der Waals surface area contributed by atoms with Crippen molar-refractivity contribution in [3.8, 4) is 5.75 Å². The summed E-state index contributed by atoms with van der Waals surface area (Å²) in [7, 11) is -1.86. The zero-order valence-corrected chi connectivity index (χ0v) is 20.1. The third kappa shape index (κ3) is 5.66. The number of nitrogens with zero attached hydrogens (tertiary/aromatic N) is 1. The zero-order valence-electron chi connectivity index (χ0n) is 19.3. The summed E-state index contributed by atoms with van der Waals surface area (Å²) in [6.45, 7) is 1.14. The Morgan fingerprint density at radius 3 is 2.12 bits per heavy atom. The van der Waals surface area contributed by atoms with E-state index in [1.165, 1.54) is 0 Å². The highest BCUT2D eigenvalue weighted by atomic mass is 32.2. The molecule has 1 aliphatic rings. The summed E-state index contributed by atoms with van der Waals surface area (Å²) >= 11 is 0. The molecule has 178 valence electrons. The lowest BCUT2D eigenvalue weighted by Gasteiger charge is -2.25. The van der Waals surface area contributed by atoms with Crippen LogP contribution >= 0.6 is 0 Å². The molecule has 1 N–H and O–H groups in total. The van der Waals surface area contributed by atoms with E-state index in [0.717, 1.165) is 41.7 Å². The summed E-state index contributed by atoms with van der Waals surface area (Å²) in [6.07, 6.45) is 3.02. The lowest BCUT2D eigenvalue weighted by Crippen LogP contribution is -2.35. The normalized spacial score (nSPS) is 15.4. The van der Waals surface area contributed by atoms with E-state index in [0.29, 0.717) is 13.1 Å². The molecule has 3 aromatic rings. The van der Waals surface area contributed by atoms with Gasteiger partial charge in [-0.1, -0.05) is 61.0 Å². The van der Waals surface area contributed by atoms with Gasteiger partial charge in [0.15, 0.2) is 0 Å². The van der Waals surface area contributed by atoms with Gasteiger partial charge >= 0.3 is 0 Å². The number of ether oxygens (including phenoxy) is 1. The predicted molar refractivity (Wildman–Crippen MR) is 132 cm³/mol. The fourth-order valence-electron chi connectivity index (χ4n) is 4.23. The molecule has 0 bridgehead atoms. The first-order valence-electron chi connectivity index (χ1n) is 11.5. The molecule has 0 aromatic heterocycles. The van der Waals surface area contributed by atoms with Crippen LogP contribution in [0.3, 0.4) is 0 Å². The molecule has 6 nitrogen and oxygen atoms in total. The van der Waals surface area contributed by atoms with Crippen LogP contribution in [0.2, 0.25) is 0 Å². The number of benzene rings is 3. The number of hydrogen-bond acceptors (Lipinski definition) is 4. The van der Waals surface area contributed by atoms with E-state index in [1.54, 1.807) is 35.7 Å². The van der Waals surface area contributed by atoms with Crippen molar-refractivity contribution in [1.82, 2.24) is 9.62 Å². The van der Waals surface area contributed by atoms with Gasteiger partial charge in [0, 0.05) is 13.1 Å². The molecule has 4 rings (SSSR count). The number of rotatable bonds is 8. The second-order valence-electron chi connectivity index (χ2n) is 8.47. The Hall–Kier alpha value is -3.16. The largest absolute Gasteiger partial charge is 0.497 e. The van der Waals surface area contributed by atoms with E-state index in [9.17, 15) is 13.2 Å². The molecule has 1 aliphatic heterocycles. The van der Waals surface area contributed by atoms with E-state index in [-0.39, 0.29) is 23.3 Å². The van der Waals surface area contributed by atoms with Crippen molar-refractivity contribution in [2.75, 3.05) is 20.2 Å². The molecule has 7 heteroatoms. The van der Waals surface area contributed by atoms with E-state index in [4.69, 9.17) is 4.74 Å². The van der Waals surface area contributed by atoms with Gasteiger partial charge in [0.05, 0.1) is 24.5 Å². The number of methoxy groups -OCH3 is 1. The second kappa shape index (κ2) is 10.8. The van der Waals surface area contributed by atoms with Gasteiger partial charge in [-0.2, -0.15) is 4.31 Å². The average Bonchev–Trinajstić information content (AvgIpc) is 2.89. The van der Waals surface area contributed by atoms with Crippen LogP contribution in [0.15, 0.2) is 83.8 Å². The number of nitrogens with one attached hydrogen (secondary N) is 1. The van der Waals surface area contributed by atoms with Crippen LogP contribution < -0.4 is 10.1 Å². The van der Waals surface area contributed by atoms with Crippen LogP contribution in [0, 0.1) is 0 Å². The summed E-state index contributed by atoms with van der Waals surface area (Å²) in [5.41, 5.74) is 2.68. The first-order chi connectivity index (χ1) is 16.5. The third-order valence-corrected chi connectivity index (χ3v) is 8.04. The predicted octanol–water partition coefficient (Wildman–Crippen LogP) is 4.32. The monoisotopic (exact) mass is 478 g/mol. The maximum atomic E-state index is 13.0. The standard InChI is InChI=1S/C27H30N2O4S/c1-33-24-14-12-23(13-15-24)27(22-8-4-2-5-9-22)28-26(30)20-21-10-16-25(17-11-21)34(31,32)29-18-6-3-7-19-29/h2,4-5,8-17,27H,3,6-7,18-20H2,1H3,(H,28,30). The Morgan fingerprint density at radius 1 is 0.882 bits per heavy atom. The highest BCUT2D eigenvalue weighted by molar-refractivity contribution is 7.89. The number of sulfonamides is 1. The Kier molecular flexibility index (Phi) is 7.65. The molecule has 0 aliphatic carbocycles. The topological polar surface area (TPSA) is 75.7 Å². The van der Waals surface area contributed by atoms with Gasteiger partial charge in [-0.3, -0.25) is 4.79 Å². The Balaban J connectivity index is 1.47. The van der Waals surface area contributed by atoms with Crippen molar-refractivity contribution in [3.63, 3.8) is 0 Å². The smallest absolute Gasteiger partial charge is 0.243 e. The number of carbonyl (C=O) groups excluding carboxylic acids is 1. The number of piperidine rings is 1. The molecule has 1 amide bonds. The highest BCUT2D eigenvalue weighted by Crippen LogP contribution is 2.25. The van der Waals surface area contributed by atoms with Crippen molar-refractivity contribution >= 4 is 15.9 Å². The molecule has 0 saturated carbocycles. The zero-order chi connectivity index (χ0) is 24.0. The summed E-state index contributed by atoms with van der Waals surface area (Å²) < 4.78 is 32.5. The molecular formula is C27H30N2O4S. The van der Waals surface area contributed by atoms with Crippen molar-refractivity contribution in [1.29, 1.82) is 0 Å². The quantitative estimate of drug-likeness (QED) is 0.523. The summed E-state index contributed by atoms with van der Waals surface area (Å²) in [5, 5.41) is 3.13. The molecule has 1 unspecified atom stereocenters. The minimum atomic E-state index is -3.48. The van der Waals surface area contributed by atoms with E-state index in [1.807, 2.05) is 54.6 Å². The van der Waals surface area contributed by atoms with Gasteiger partial charge in [0.25, 0.3) is 0 Å². The summed E-state index contributed by atoms with van der Waals surface area (Å²) in [4.78, 5) is 13.2. The van der Waals surface area contributed by atoms with E-state index in [2.05, 4.69) is 5.32 Å². The van der Waals surface area contributed by atoms with Crippen molar-refractivity contribution in [2.45, 2.75) is 36.6 Å². The number of carbonyl (C=O) groups is 1. The van der Waals surface area contributed by atoms with Gasteiger partial charge < -0.3 is 10.1 Å². The van der Waals surface area contributed by atoms with E-state index < -0.39 is 10.0 Å². The third-order valence-electron chi connectivity index (χ3n) is 6.13. The van der Waals surface area contributed by atoms with Gasteiger partial charge in [0.2, 0.25) is 15.9 Å². The number of amides is 1. The van der Waals surface area contributed by atoms with Crippen molar-refractivity contribution in [3.05, 3.63) is 95.6 Å². The van der Waals surface area contributed by atoms with Gasteiger partial charge in [-0.05, 0) is 53.8 Å². The first-order valence-corrected chi connectivity index (χ1v) is 13.0. The maximum absolute atomic E-state index is 13.0. The molecule has 0 radical (unpaired) electrons. The van der Waals surface area contributed by atoms with Gasteiger partial charge in [0.1, 0.15) is 5.75 Å². The van der Waals surface area contributed by atoms with Crippen molar-refractivity contribution in [2.24, 2.45) is 0 Å². The van der Waals surface area contributed by atoms with Crippen LogP contribution in [-0.4, -0.2) is 38.8 Å². The fraction of sp³-hybridized carbons (Fsp3) is 0.296. The average molecular weight is 479 g/mol. The van der Waals surface area contributed by atoms with Crippen LogP contribution in [0.5, 0.6) is 5.75 Å². The highest BCUT2D eigenvalue weighted by Gasteiger charge is 2.26. The summed E-state index contributed by atoms with van der Waals surface area (Å²) in [5.74, 6) is 0.609. The lowest BCUT2D eigenvalue weighted by molar-refractivity contribution is -0.120. The molecule has 0 spiro atoms. The minimum Gasteiger partial charge on any atom is -0.497 e. The molecule has 1 saturated heterocycles. The molecule has 1 atom stereocenters. The van der Waals surface area contributed by atoms with Crippen LogP contribution in [-0.2, 0) is 21.2 Å². The van der Waals surface area contributed by atoms with Crippen LogP contribution in [0.25, 0.3) is 0 Å². The van der Waals surface area contributed by atoms with Crippen molar-refractivity contribution < 1.29 is 17.9 Å². The SMILES string of the molecule is COc1ccc(C(NC(=O)Cc2ccc(S(=O)(=O)N3CCCCC3)cc2)c2ccccc2)cc1. The van der Waals surface area contributed by atoms with Gasteiger partial charge in [-0.15, -0.1) is 0 Å². The van der Waals surface area contributed by atoms with Crippen LogP contribution in [0.1, 0.15) is 42.0 Å². The second-order valence-corrected chi connectivity index (χ2v) is 10.4. The maximum Gasteiger partial charge on any atom is 0.243 e. The Morgan fingerprint density at radius 2 is 1.50 bits per heavy atom. The minimum absolute atomic E-state index is 0.142. The van der Waals surface area contributed by atoms with Gasteiger partial charge in [-0.25, -0.2) is 8.42 Å².